The van der Waals surface area contributed by atoms with Crippen LogP contribution in [0.3, 0.4) is 0 Å². The molecule has 1 atom stereocenters. The molecule has 0 aliphatic heterocycles. The highest BCUT2D eigenvalue weighted by Crippen LogP contribution is 2.22. The number of nitrogen functional groups attached to an aromatic ring is 1. The molecule has 1 amide bonds. The van der Waals surface area contributed by atoms with Crippen molar-refractivity contribution in [1.82, 2.24) is 24.8 Å². The number of carbonyl (C=O) groups is 1. The van der Waals surface area contributed by atoms with Gasteiger partial charge in [0.2, 0.25) is 0 Å². The quantitative estimate of drug-likeness (QED) is 0.269. The number of hydrogen-bond acceptors (Lipinski definition) is 6. The summed E-state index contributed by atoms with van der Waals surface area (Å²) in [5, 5.41) is 3.34. The molecule has 0 saturated carbocycles. The first-order chi connectivity index (χ1) is 18.3. The van der Waals surface area contributed by atoms with E-state index in [0.29, 0.717) is 28.0 Å². The fourth-order valence-electron chi connectivity index (χ4n) is 4.54. The molecule has 9 heteroatoms. The van der Waals surface area contributed by atoms with Crippen molar-refractivity contribution < 1.29 is 4.79 Å². The molecule has 194 valence electrons. The van der Waals surface area contributed by atoms with Crippen LogP contribution in [0, 0.1) is 11.5 Å². The Labute approximate surface area is 223 Å². The smallest absolute Gasteiger partial charge is 0.274 e. The first-order valence-electron chi connectivity index (χ1n) is 12.9. The summed E-state index contributed by atoms with van der Waals surface area (Å²) >= 11 is 0. The molecule has 0 radical (unpaired) electrons. The lowest BCUT2D eigenvalue weighted by atomic mass is 10.1. The molecular weight excluding hydrogens is 492 g/mol. The first kappa shape index (κ1) is 26.8. The molecule has 0 saturated heterocycles. The van der Waals surface area contributed by atoms with Gasteiger partial charge in [0.25, 0.3) is 11.5 Å². The van der Waals surface area contributed by atoms with Crippen LogP contribution in [0.15, 0.2) is 65.7 Å². The summed E-state index contributed by atoms with van der Waals surface area (Å²) in [5.74, 6) is 3.28. The van der Waals surface area contributed by atoms with Gasteiger partial charge in [0.15, 0.2) is 11.5 Å². The van der Waals surface area contributed by atoms with E-state index >= 15 is 0 Å². The Morgan fingerprint density at radius 1 is 1.03 bits per heavy atom. The second-order valence-corrected chi connectivity index (χ2v) is 14.2. The van der Waals surface area contributed by atoms with Gasteiger partial charge in [0, 0.05) is 18.0 Å². The van der Waals surface area contributed by atoms with Crippen LogP contribution in [0.25, 0.3) is 16.6 Å². The van der Waals surface area contributed by atoms with Crippen LogP contribution in [0.5, 0.6) is 0 Å². The van der Waals surface area contributed by atoms with Crippen LogP contribution < -0.4 is 16.6 Å². The number of aromatic nitrogens is 4. The Kier molecular flexibility index (Phi) is 8.03. The molecule has 38 heavy (non-hydrogen) atoms. The highest BCUT2D eigenvalue weighted by Gasteiger charge is 2.25. The predicted molar refractivity (Wildman–Crippen MR) is 154 cm³/mol. The third-order valence-corrected chi connectivity index (χ3v) is 11.8. The van der Waals surface area contributed by atoms with Crippen molar-refractivity contribution in [2.75, 3.05) is 5.73 Å². The minimum absolute atomic E-state index is 0.0155. The van der Waals surface area contributed by atoms with Gasteiger partial charge in [0.05, 0.1) is 22.6 Å². The number of fused-ring (bicyclic) bond motifs is 1. The van der Waals surface area contributed by atoms with E-state index in [4.69, 9.17) is 10.7 Å². The van der Waals surface area contributed by atoms with Gasteiger partial charge in [-0.15, -0.1) is 5.54 Å². The number of hydrogen-bond donors (Lipinski definition) is 2. The maximum atomic E-state index is 14.1. The van der Waals surface area contributed by atoms with E-state index in [1.807, 2.05) is 42.5 Å². The number of nitrogens with zero attached hydrogens (tertiary/aromatic N) is 4. The molecule has 4 rings (SSSR count). The molecule has 4 aromatic rings. The fourth-order valence-corrected chi connectivity index (χ4v) is 6.97. The van der Waals surface area contributed by atoms with Gasteiger partial charge in [-0.05, 0) is 49.3 Å². The minimum atomic E-state index is -1.73. The summed E-state index contributed by atoms with van der Waals surface area (Å²) in [7, 11) is -1.73. The van der Waals surface area contributed by atoms with E-state index in [1.165, 1.54) is 12.4 Å². The average molecular weight is 525 g/mol. The summed E-state index contributed by atoms with van der Waals surface area (Å²) in [5.41, 5.74) is 11.1. The largest absolute Gasteiger partial charge is 0.382 e. The zero-order chi connectivity index (χ0) is 27.3. The number of benzene rings is 2. The van der Waals surface area contributed by atoms with Crippen LogP contribution >= 0.6 is 0 Å². The van der Waals surface area contributed by atoms with Crippen molar-refractivity contribution in [3.05, 3.63) is 88.4 Å². The van der Waals surface area contributed by atoms with Gasteiger partial charge < -0.3 is 11.1 Å². The number of nitrogens with one attached hydrogen (secondary N) is 1. The van der Waals surface area contributed by atoms with Crippen LogP contribution in [0.2, 0.25) is 18.1 Å². The second kappa shape index (κ2) is 11.4. The molecule has 0 spiro atoms. The van der Waals surface area contributed by atoms with Gasteiger partial charge in [-0.2, -0.15) is 0 Å². The molecule has 2 heterocycles. The van der Waals surface area contributed by atoms with Crippen molar-refractivity contribution in [2.24, 2.45) is 0 Å². The Morgan fingerprint density at radius 3 is 2.37 bits per heavy atom. The SMILES string of the molecule is CC[Si](C#Cc1cccc2nc([C@H](C)NC(=O)c3nccnc3N)n(-c3ccccc3)c(=O)c12)(CC)CC. The number of amides is 1. The van der Waals surface area contributed by atoms with E-state index in [0.717, 1.165) is 18.1 Å². The zero-order valence-electron chi connectivity index (χ0n) is 22.2. The summed E-state index contributed by atoms with van der Waals surface area (Å²) in [6.45, 7) is 8.39. The van der Waals surface area contributed by atoms with Crippen LogP contribution in [0.1, 0.15) is 55.6 Å². The number of para-hydroxylation sites is 1. The maximum Gasteiger partial charge on any atom is 0.274 e. The van der Waals surface area contributed by atoms with Gasteiger partial charge in [-0.1, -0.05) is 51.0 Å². The predicted octanol–water partition coefficient (Wildman–Crippen LogP) is 4.65. The molecule has 0 bridgehead atoms. The van der Waals surface area contributed by atoms with Crippen LogP contribution in [-0.2, 0) is 0 Å². The van der Waals surface area contributed by atoms with E-state index in [2.05, 4.69) is 47.5 Å². The molecule has 0 aliphatic rings. The fraction of sp³-hybridized carbons (Fsp3) is 0.276. The zero-order valence-corrected chi connectivity index (χ0v) is 23.2. The topological polar surface area (TPSA) is 116 Å². The lowest BCUT2D eigenvalue weighted by molar-refractivity contribution is 0.0933. The van der Waals surface area contributed by atoms with Gasteiger partial charge >= 0.3 is 0 Å². The Bertz CT molecular complexity index is 1580. The first-order valence-corrected chi connectivity index (χ1v) is 15.5. The highest BCUT2D eigenvalue weighted by atomic mass is 28.3. The van der Waals surface area contributed by atoms with Gasteiger partial charge in [-0.25, -0.2) is 15.0 Å². The highest BCUT2D eigenvalue weighted by molar-refractivity contribution is 6.87. The number of rotatable bonds is 7. The van der Waals surface area contributed by atoms with Crippen molar-refractivity contribution in [1.29, 1.82) is 0 Å². The van der Waals surface area contributed by atoms with Crippen LogP contribution in [0.4, 0.5) is 5.82 Å². The molecule has 0 unspecified atom stereocenters. The Morgan fingerprint density at radius 2 is 1.71 bits per heavy atom. The summed E-state index contributed by atoms with van der Waals surface area (Å²) in [4.78, 5) is 39.9. The number of nitrogens with two attached hydrogens (primary N) is 1. The Balaban J connectivity index is 1.89. The standard InChI is InChI=1S/C29H32N6O2Si/c1-5-38(6-2,7-3)19-16-21-12-11-15-23-24(21)29(37)35(22-13-9-8-10-14-22)27(34-23)20(4)33-28(36)25-26(30)32-18-17-31-25/h8-15,17-18,20H,5-7H2,1-4H3,(H2,30,32)(H,33,36)/t20-/m0/s1. The molecular formula is C29H32N6O2Si. The molecule has 2 aromatic carbocycles. The van der Waals surface area contributed by atoms with E-state index in [9.17, 15) is 9.59 Å². The van der Waals surface area contributed by atoms with Crippen LogP contribution in [-0.4, -0.2) is 33.5 Å². The second-order valence-electron chi connectivity index (χ2n) is 9.22. The molecule has 0 fully saturated rings. The van der Waals surface area contributed by atoms with E-state index in [1.54, 1.807) is 17.6 Å². The van der Waals surface area contributed by atoms with Crippen molar-refractivity contribution >= 4 is 30.7 Å². The van der Waals surface area contributed by atoms with Crippen molar-refractivity contribution in [2.45, 2.75) is 51.9 Å². The third-order valence-electron chi connectivity index (χ3n) is 7.11. The normalized spacial score (nSPS) is 12.0. The molecule has 0 aliphatic carbocycles. The van der Waals surface area contributed by atoms with Crippen molar-refractivity contribution in [3.8, 4) is 17.2 Å². The monoisotopic (exact) mass is 524 g/mol. The Hall–Kier alpha value is -4.29. The third kappa shape index (κ3) is 5.22. The molecule has 3 N–H and O–H groups in total. The van der Waals surface area contributed by atoms with Gasteiger partial charge in [0.1, 0.15) is 13.9 Å². The maximum absolute atomic E-state index is 14.1. The summed E-state index contributed by atoms with van der Waals surface area (Å²) < 4.78 is 1.54. The molecule has 2 aromatic heterocycles. The summed E-state index contributed by atoms with van der Waals surface area (Å²) in [6, 6.07) is 17.4. The average Bonchev–Trinajstić information content (AvgIpc) is 2.94. The minimum Gasteiger partial charge on any atom is -0.382 e. The lowest BCUT2D eigenvalue weighted by Gasteiger charge is -2.21. The number of carbonyl (C=O) groups excluding carboxylic acids is 1. The van der Waals surface area contributed by atoms with E-state index in [-0.39, 0.29) is 17.1 Å². The molecule has 8 nitrogen and oxygen atoms in total. The lowest BCUT2D eigenvalue weighted by Crippen LogP contribution is -2.34. The van der Waals surface area contributed by atoms with E-state index < -0.39 is 20.0 Å². The van der Waals surface area contributed by atoms with Gasteiger partial charge in [-0.3, -0.25) is 14.2 Å². The summed E-state index contributed by atoms with van der Waals surface area (Å²) in [6.07, 6.45) is 2.82. The number of anilines is 1. The van der Waals surface area contributed by atoms with Crippen molar-refractivity contribution in [3.63, 3.8) is 0 Å².